The first-order chi connectivity index (χ1) is 9.36. The Balaban J connectivity index is 2.44. The molecule has 1 rings (SSSR count). The average molecular weight is 283 g/mol. The summed E-state index contributed by atoms with van der Waals surface area (Å²) in [7, 11) is 0. The van der Waals surface area contributed by atoms with Crippen molar-refractivity contribution in [2.24, 2.45) is 0 Å². The molecule has 1 fully saturated rings. The second kappa shape index (κ2) is 7.04. The molecule has 1 heterocycles. The third-order valence-corrected chi connectivity index (χ3v) is 3.10. The molecule has 1 saturated heterocycles. The number of hydrogen-bond donors (Lipinski definition) is 2. The first-order valence-electron chi connectivity index (χ1n) is 6.56. The normalized spacial score (nSPS) is 17.1. The van der Waals surface area contributed by atoms with Crippen molar-refractivity contribution in [3.05, 3.63) is 12.2 Å². The molecular weight excluding hydrogens is 262 g/mol. The Bertz CT molecular complexity index is 422. The summed E-state index contributed by atoms with van der Waals surface area (Å²) in [6.45, 7) is 8.25. The molecule has 1 unspecified atom stereocenters. The lowest BCUT2D eigenvalue weighted by atomic mass is 10.2. The van der Waals surface area contributed by atoms with Crippen molar-refractivity contribution in [1.29, 1.82) is 0 Å². The molecule has 0 spiro atoms. The van der Waals surface area contributed by atoms with E-state index in [1.807, 2.05) is 6.92 Å². The van der Waals surface area contributed by atoms with Gasteiger partial charge in [-0.25, -0.2) is 0 Å². The Morgan fingerprint density at radius 3 is 2.45 bits per heavy atom. The molecule has 0 aliphatic carbocycles. The van der Waals surface area contributed by atoms with Crippen LogP contribution in [0.25, 0.3) is 0 Å². The zero-order valence-corrected chi connectivity index (χ0v) is 11.9. The third kappa shape index (κ3) is 4.06. The number of carbonyl (C=O) groups is 3. The van der Waals surface area contributed by atoms with Crippen LogP contribution in [-0.2, 0) is 14.4 Å². The van der Waals surface area contributed by atoms with E-state index in [-0.39, 0.29) is 19.0 Å². The van der Waals surface area contributed by atoms with Crippen LogP contribution in [0.1, 0.15) is 13.8 Å². The average Bonchev–Trinajstić information content (AvgIpc) is 2.41. The third-order valence-electron chi connectivity index (χ3n) is 3.10. The van der Waals surface area contributed by atoms with Crippen molar-refractivity contribution in [2.45, 2.75) is 20.0 Å². The van der Waals surface area contributed by atoms with E-state index >= 15 is 0 Å². The number of nitrogens with zero attached hydrogens (tertiary/aromatic N) is 2. The number of carbonyl (C=O) groups excluding carboxylic acids is 3. The van der Waals surface area contributed by atoms with Crippen LogP contribution >= 0.6 is 0 Å². The molecule has 1 aliphatic heterocycles. The van der Waals surface area contributed by atoms with Crippen LogP contribution in [0.3, 0.4) is 0 Å². The van der Waals surface area contributed by atoms with Gasteiger partial charge in [0.25, 0.3) is 0 Å². The predicted molar refractivity (Wildman–Crippen MR) is 72.7 cm³/mol. The van der Waals surface area contributed by atoms with E-state index in [4.69, 9.17) is 0 Å². The molecule has 112 valence electrons. The molecule has 1 aliphatic rings. The second-order valence-electron chi connectivity index (χ2n) is 4.78. The van der Waals surface area contributed by atoms with Gasteiger partial charge in [0, 0.05) is 38.3 Å². The van der Waals surface area contributed by atoms with Crippen molar-refractivity contribution in [1.82, 2.24) is 15.1 Å². The molecule has 0 aromatic rings. The highest BCUT2D eigenvalue weighted by molar-refractivity contribution is 6.35. The maximum atomic E-state index is 11.8. The summed E-state index contributed by atoms with van der Waals surface area (Å²) >= 11 is 0. The topological polar surface area (TPSA) is 89.9 Å². The summed E-state index contributed by atoms with van der Waals surface area (Å²) in [5.41, 5.74) is 0.347. The molecule has 1 atom stereocenters. The van der Waals surface area contributed by atoms with Crippen LogP contribution in [-0.4, -0.2) is 71.5 Å². The van der Waals surface area contributed by atoms with Crippen molar-refractivity contribution in [2.75, 3.05) is 32.7 Å². The summed E-state index contributed by atoms with van der Waals surface area (Å²) in [6, 6.07) is 0. The summed E-state index contributed by atoms with van der Waals surface area (Å²) in [4.78, 5) is 37.5. The van der Waals surface area contributed by atoms with Gasteiger partial charge >= 0.3 is 11.8 Å². The molecular formula is C13H21N3O4. The fourth-order valence-corrected chi connectivity index (χ4v) is 1.87. The van der Waals surface area contributed by atoms with Crippen LogP contribution in [0.5, 0.6) is 0 Å². The largest absolute Gasteiger partial charge is 0.389 e. The van der Waals surface area contributed by atoms with E-state index in [2.05, 4.69) is 11.9 Å². The lowest BCUT2D eigenvalue weighted by Gasteiger charge is -2.34. The molecule has 20 heavy (non-hydrogen) atoms. The smallest absolute Gasteiger partial charge is 0.312 e. The highest BCUT2D eigenvalue weighted by Gasteiger charge is 2.32. The van der Waals surface area contributed by atoms with E-state index in [1.165, 1.54) is 9.80 Å². The molecule has 7 heteroatoms. The van der Waals surface area contributed by atoms with Gasteiger partial charge in [-0.15, -0.1) is 0 Å². The highest BCUT2D eigenvalue weighted by atomic mass is 16.3. The standard InChI is InChI=1S/C13H21N3O4/c1-4-15-5-6-16(13(20)12(15)19)8-10(17)7-14-11(18)9(2)3/h10,17H,2,4-8H2,1,3H3,(H,14,18). The highest BCUT2D eigenvalue weighted by Crippen LogP contribution is 2.05. The summed E-state index contributed by atoms with van der Waals surface area (Å²) in [6.07, 6.45) is -0.914. The van der Waals surface area contributed by atoms with Crippen LogP contribution < -0.4 is 5.32 Å². The van der Waals surface area contributed by atoms with Gasteiger partial charge in [-0.1, -0.05) is 6.58 Å². The minimum Gasteiger partial charge on any atom is -0.389 e. The van der Waals surface area contributed by atoms with E-state index < -0.39 is 17.9 Å². The van der Waals surface area contributed by atoms with Gasteiger partial charge in [0.1, 0.15) is 0 Å². The number of likely N-dealkylation sites (N-methyl/N-ethyl adjacent to an activating group) is 1. The Morgan fingerprint density at radius 2 is 1.90 bits per heavy atom. The number of rotatable bonds is 6. The molecule has 2 N–H and O–H groups in total. The molecule has 0 saturated carbocycles. The zero-order valence-electron chi connectivity index (χ0n) is 11.9. The van der Waals surface area contributed by atoms with Gasteiger partial charge in [-0.05, 0) is 13.8 Å². The Kier molecular flexibility index (Phi) is 5.69. The fourth-order valence-electron chi connectivity index (χ4n) is 1.87. The number of nitrogens with one attached hydrogen (secondary N) is 1. The molecule has 0 radical (unpaired) electrons. The monoisotopic (exact) mass is 283 g/mol. The summed E-state index contributed by atoms with van der Waals surface area (Å²) in [5.74, 6) is -1.50. The SMILES string of the molecule is C=C(C)C(=O)NCC(O)CN1CCN(CC)C(=O)C1=O. The van der Waals surface area contributed by atoms with Gasteiger partial charge in [-0.2, -0.15) is 0 Å². The minimum absolute atomic E-state index is 0.0150. The minimum atomic E-state index is -0.914. The van der Waals surface area contributed by atoms with Crippen LogP contribution in [0.4, 0.5) is 0 Å². The Labute approximate surface area is 118 Å². The lowest BCUT2D eigenvalue weighted by Crippen LogP contribution is -2.56. The van der Waals surface area contributed by atoms with Gasteiger partial charge in [0.05, 0.1) is 6.10 Å². The summed E-state index contributed by atoms with van der Waals surface area (Å²) in [5, 5.41) is 12.3. The predicted octanol–water partition coefficient (Wildman–Crippen LogP) is -1.27. The van der Waals surface area contributed by atoms with Crippen LogP contribution in [0.2, 0.25) is 0 Å². The Hall–Kier alpha value is -1.89. The maximum Gasteiger partial charge on any atom is 0.312 e. The van der Waals surface area contributed by atoms with Gasteiger partial charge in [0.15, 0.2) is 0 Å². The second-order valence-corrected chi connectivity index (χ2v) is 4.78. The molecule has 0 aromatic carbocycles. The van der Waals surface area contributed by atoms with Crippen molar-refractivity contribution in [3.63, 3.8) is 0 Å². The summed E-state index contributed by atoms with van der Waals surface area (Å²) < 4.78 is 0. The van der Waals surface area contributed by atoms with E-state index in [1.54, 1.807) is 6.92 Å². The molecule has 0 aromatic heterocycles. The Morgan fingerprint density at radius 1 is 1.35 bits per heavy atom. The van der Waals surface area contributed by atoms with E-state index in [0.717, 1.165) is 0 Å². The number of piperazine rings is 1. The number of hydrogen-bond acceptors (Lipinski definition) is 4. The number of β-amino-alcohol motifs (C(OH)–C–C–N with tert-alkyl or cyclic N) is 1. The van der Waals surface area contributed by atoms with Gasteiger partial charge in [-0.3, -0.25) is 14.4 Å². The van der Waals surface area contributed by atoms with Crippen LogP contribution in [0.15, 0.2) is 12.2 Å². The van der Waals surface area contributed by atoms with Gasteiger partial charge in [0.2, 0.25) is 5.91 Å². The van der Waals surface area contributed by atoms with Crippen molar-refractivity contribution in [3.8, 4) is 0 Å². The first kappa shape index (κ1) is 16.2. The van der Waals surface area contributed by atoms with E-state index in [0.29, 0.717) is 25.2 Å². The quantitative estimate of drug-likeness (QED) is 0.470. The number of amides is 3. The van der Waals surface area contributed by atoms with Crippen LogP contribution in [0, 0.1) is 0 Å². The lowest BCUT2D eigenvalue weighted by molar-refractivity contribution is -0.156. The van der Waals surface area contributed by atoms with E-state index in [9.17, 15) is 19.5 Å². The van der Waals surface area contributed by atoms with Gasteiger partial charge < -0.3 is 20.2 Å². The van der Waals surface area contributed by atoms with Crippen molar-refractivity contribution >= 4 is 17.7 Å². The number of aliphatic hydroxyl groups is 1. The first-order valence-corrected chi connectivity index (χ1v) is 6.56. The van der Waals surface area contributed by atoms with Crippen molar-refractivity contribution < 1.29 is 19.5 Å². The number of aliphatic hydroxyl groups excluding tert-OH is 1. The molecule has 0 bridgehead atoms. The molecule has 7 nitrogen and oxygen atoms in total. The molecule has 3 amide bonds. The zero-order chi connectivity index (χ0) is 15.3. The fraction of sp³-hybridized carbons (Fsp3) is 0.615. The maximum absolute atomic E-state index is 11.8.